The highest BCUT2D eigenvalue weighted by Crippen LogP contribution is 2.55. The zero-order valence-corrected chi connectivity index (χ0v) is 24.8. The molecule has 1 saturated heterocycles. The van der Waals surface area contributed by atoms with Crippen molar-refractivity contribution in [1.29, 1.82) is 0 Å². The number of rotatable bonds is 8. The van der Waals surface area contributed by atoms with Gasteiger partial charge < -0.3 is 15.8 Å². The fourth-order valence-electron chi connectivity index (χ4n) is 7.42. The van der Waals surface area contributed by atoms with E-state index in [1.54, 1.807) is 39.6 Å². The molecule has 44 heavy (non-hydrogen) atoms. The molecule has 3 N–H and O–H groups in total. The van der Waals surface area contributed by atoms with E-state index in [-0.39, 0.29) is 35.2 Å². The number of carbonyl (C=O) groups is 2. The fourth-order valence-corrected chi connectivity index (χ4v) is 7.42. The van der Waals surface area contributed by atoms with Crippen LogP contribution >= 0.6 is 0 Å². The summed E-state index contributed by atoms with van der Waals surface area (Å²) in [6, 6.07) is 10.8. The minimum atomic E-state index is -0.496. The first-order valence-corrected chi connectivity index (χ1v) is 15.2. The normalized spacial score (nSPS) is 23.3. The molecule has 12 nitrogen and oxygen atoms in total. The Morgan fingerprint density at radius 1 is 1.02 bits per heavy atom. The number of benzene rings is 1. The number of Topliss-reactive ketones (excluding diaryl/α,β-unsaturated/α-hetero) is 1. The second-order valence-corrected chi connectivity index (χ2v) is 12.5. The molecule has 3 aromatic heterocycles. The summed E-state index contributed by atoms with van der Waals surface area (Å²) in [5, 5.41) is 3.34. The minimum absolute atomic E-state index is 0.0127. The summed E-state index contributed by atoms with van der Waals surface area (Å²) in [5.74, 6) is 0.155. The van der Waals surface area contributed by atoms with Gasteiger partial charge in [0.2, 0.25) is 5.91 Å². The third-order valence-corrected chi connectivity index (χ3v) is 9.57. The van der Waals surface area contributed by atoms with Gasteiger partial charge in [-0.05, 0) is 81.0 Å². The van der Waals surface area contributed by atoms with Crippen molar-refractivity contribution in [1.82, 2.24) is 34.3 Å². The number of nitrogens with zero attached hydrogens (tertiary/aromatic N) is 6. The number of hydrogen-bond acceptors (Lipinski definition) is 9. The molecule has 0 atom stereocenters. The summed E-state index contributed by atoms with van der Waals surface area (Å²) in [7, 11) is 0. The molecule has 0 spiro atoms. The maximum Gasteiger partial charge on any atom is 0.335 e. The fraction of sp³-hybridized carbons (Fsp3) is 0.438. The number of amides is 1. The van der Waals surface area contributed by atoms with Crippen LogP contribution < -0.4 is 16.7 Å². The molecule has 4 aromatic rings. The third kappa shape index (κ3) is 4.97. The van der Waals surface area contributed by atoms with E-state index in [1.807, 2.05) is 19.1 Å². The van der Waals surface area contributed by atoms with Gasteiger partial charge >= 0.3 is 5.69 Å². The van der Waals surface area contributed by atoms with E-state index < -0.39 is 5.54 Å². The lowest BCUT2D eigenvalue weighted by Gasteiger charge is -2.31. The van der Waals surface area contributed by atoms with Crippen molar-refractivity contribution in [3.63, 3.8) is 0 Å². The first-order chi connectivity index (χ1) is 21.3. The summed E-state index contributed by atoms with van der Waals surface area (Å²) in [6.07, 6.45) is 6.99. The number of morpholine rings is 1. The molecule has 7 rings (SSSR count). The second kappa shape index (κ2) is 10.9. The second-order valence-electron chi connectivity index (χ2n) is 12.5. The van der Waals surface area contributed by atoms with Crippen LogP contribution in [0.2, 0.25) is 0 Å². The van der Waals surface area contributed by atoms with E-state index >= 15 is 0 Å². The SMILES string of the molecule is Cc1ccnc(CC(=O)c2ccc(-n3c(=O)n(C45CCC(NC(=O)CN6CCOCC6)(CC4)C5)c4ncnc(N)c43)cc2)c1. The van der Waals surface area contributed by atoms with Crippen LogP contribution in [0.4, 0.5) is 5.82 Å². The van der Waals surface area contributed by atoms with Gasteiger partial charge in [0.15, 0.2) is 17.2 Å². The summed E-state index contributed by atoms with van der Waals surface area (Å²) >= 11 is 0. The molecule has 1 aromatic carbocycles. The number of pyridine rings is 1. The average molecular weight is 597 g/mol. The Balaban J connectivity index is 1.17. The predicted octanol–water partition coefficient (Wildman–Crippen LogP) is 2.15. The van der Waals surface area contributed by atoms with E-state index in [0.29, 0.717) is 54.3 Å². The van der Waals surface area contributed by atoms with Crippen LogP contribution in [0.5, 0.6) is 0 Å². The molecule has 0 unspecified atom stereocenters. The maximum atomic E-state index is 14.3. The number of carbonyl (C=O) groups excluding carboxylic acids is 2. The van der Waals surface area contributed by atoms with Crippen LogP contribution in [0.15, 0.2) is 53.7 Å². The van der Waals surface area contributed by atoms with Gasteiger partial charge in [-0.15, -0.1) is 0 Å². The van der Waals surface area contributed by atoms with Gasteiger partial charge in [0.05, 0.1) is 37.4 Å². The zero-order chi connectivity index (χ0) is 30.5. The van der Waals surface area contributed by atoms with E-state index in [0.717, 1.165) is 44.3 Å². The molecule has 0 radical (unpaired) electrons. The first-order valence-electron chi connectivity index (χ1n) is 15.2. The molecule has 2 bridgehead atoms. The van der Waals surface area contributed by atoms with Crippen molar-refractivity contribution in [3.8, 4) is 5.69 Å². The van der Waals surface area contributed by atoms with Crippen molar-refractivity contribution < 1.29 is 14.3 Å². The molecular weight excluding hydrogens is 560 g/mol. The van der Waals surface area contributed by atoms with Gasteiger partial charge in [-0.3, -0.25) is 28.6 Å². The molecule has 3 aliphatic rings. The number of imidazole rings is 1. The standard InChI is InChI=1S/C32H36N8O4/c1-21-6-11-34-23(16-21)17-25(41)22-2-4-24(5-3-22)39-27-28(33)35-20-36-29(27)40(30(39)43)32-9-7-31(19-32,8-10-32)37-26(42)18-38-12-14-44-15-13-38/h2-6,11,16,20H,7-10,12-15,17-19H2,1H3,(H,37,42)(H2,33,35,36). The highest BCUT2D eigenvalue weighted by molar-refractivity contribution is 5.97. The Morgan fingerprint density at radius 3 is 2.50 bits per heavy atom. The Hall–Kier alpha value is -4.42. The van der Waals surface area contributed by atoms with Crippen molar-refractivity contribution in [2.24, 2.45) is 0 Å². The highest BCUT2D eigenvalue weighted by atomic mass is 16.5. The third-order valence-electron chi connectivity index (χ3n) is 9.57. The summed E-state index contributed by atoms with van der Waals surface area (Å²) in [4.78, 5) is 55.5. The van der Waals surface area contributed by atoms with Gasteiger partial charge in [0.25, 0.3) is 0 Å². The van der Waals surface area contributed by atoms with Crippen molar-refractivity contribution in [3.05, 3.63) is 76.2 Å². The smallest absolute Gasteiger partial charge is 0.335 e. The lowest BCUT2D eigenvalue weighted by molar-refractivity contribution is -0.125. The van der Waals surface area contributed by atoms with Crippen LogP contribution in [0.25, 0.3) is 16.9 Å². The summed E-state index contributed by atoms with van der Waals surface area (Å²) < 4.78 is 8.74. The summed E-state index contributed by atoms with van der Waals surface area (Å²) in [6.45, 7) is 5.10. The van der Waals surface area contributed by atoms with E-state index in [9.17, 15) is 14.4 Å². The van der Waals surface area contributed by atoms with Crippen LogP contribution in [0.3, 0.4) is 0 Å². The van der Waals surface area contributed by atoms with Crippen LogP contribution in [0.1, 0.15) is 53.7 Å². The largest absolute Gasteiger partial charge is 0.382 e. The van der Waals surface area contributed by atoms with Crippen LogP contribution in [-0.2, 0) is 21.5 Å². The Kier molecular flexibility index (Phi) is 7.05. The van der Waals surface area contributed by atoms with E-state index in [2.05, 4.69) is 25.2 Å². The predicted molar refractivity (Wildman–Crippen MR) is 164 cm³/mol. The van der Waals surface area contributed by atoms with Gasteiger partial charge in [-0.2, -0.15) is 0 Å². The molecule has 1 amide bonds. The number of nitrogens with one attached hydrogen (secondary N) is 1. The van der Waals surface area contributed by atoms with E-state index in [4.69, 9.17) is 10.5 Å². The van der Waals surface area contributed by atoms with Crippen molar-refractivity contribution >= 4 is 28.7 Å². The Labute approximate surface area is 254 Å². The van der Waals surface area contributed by atoms with Gasteiger partial charge in [0, 0.05) is 36.1 Å². The summed E-state index contributed by atoms with van der Waals surface area (Å²) in [5.41, 5.74) is 9.04. The zero-order valence-electron chi connectivity index (χ0n) is 24.8. The van der Waals surface area contributed by atoms with Crippen molar-refractivity contribution in [2.45, 2.75) is 56.5 Å². The molecule has 3 fully saturated rings. The quantitative estimate of drug-likeness (QED) is 0.292. The number of fused-ring (bicyclic) bond motifs is 3. The number of ketones is 1. The number of nitrogens with two attached hydrogens (primary N) is 1. The topological polar surface area (TPSA) is 150 Å². The van der Waals surface area contributed by atoms with Gasteiger partial charge in [-0.1, -0.05) is 0 Å². The van der Waals surface area contributed by atoms with Crippen LogP contribution in [-0.4, -0.2) is 79.1 Å². The Morgan fingerprint density at radius 2 is 1.77 bits per heavy atom. The number of anilines is 1. The number of hydrogen-bond donors (Lipinski definition) is 2. The molecule has 4 heterocycles. The monoisotopic (exact) mass is 596 g/mol. The minimum Gasteiger partial charge on any atom is -0.382 e. The number of ether oxygens (including phenoxy) is 1. The van der Waals surface area contributed by atoms with Gasteiger partial charge in [-0.25, -0.2) is 14.8 Å². The molecule has 228 valence electrons. The van der Waals surface area contributed by atoms with Crippen molar-refractivity contribution in [2.75, 3.05) is 38.6 Å². The number of nitrogen functional groups attached to an aromatic ring is 1. The van der Waals surface area contributed by atoms with Gasteiger partial charge in [0.1, 0.15) is 11.8 Å². The molecule has 12 heteroatoms. The van der Waals surface area contributed by atoms with E-state index in [1.165, 1.54) is 6.33 Å². The number of aryl methyl sites for hydroxylation is 1. The molecule has 2 aliphatic carbocycles. The first kappa shape index (κ1) is 28.4. The Bertz CT molecular complexity index is 1800. The molecular formula is C32H36N8O4. The molecule has 2 saturated carbocycles. The average Bonchev–Trinajstić information content (AvgIpc) is 3.65. The number of aromatic nitrogens is 5. The lowest BCUT2D eigenvalue weighted by Crippen LogP contribution is -2.50. The molecule has 1 aliphatic heterocycles. The maximum absolute atomic E-state index is 14.3. The van der Waals surface area contributed by atoms with Crippen LogP contribution in [0, 0.1) is 6.92 Å². The highest BCUT2D eigenvalue weighted by Gasteiger charge is 2.57. The lowest BCUT2D eigenvalue weighted by atomic mass is 9.91.